The van der Waals surface area contributed by atoms with Crippen LogP contribution < -0.4 is 10.2 Å². The normalized spacial score (nSPS) is 23.9. The van der Waals surface area contributed by atoms with Crippen molar-refractivity contribution in [2.75, 3.05) is 6.61 Å². The van der Waals surface area contributed by atoms with Gasteiger partial charge < -0.3 is 14.0 Å². The molecule has 1 aliphatic heterocycles. The standard InChI is InChI=1S/C16H24BNO3/c1-15(2)16(3,4)21-17(20-15)13-8-14(10-18-9-13)19-11-12-6-5-7-12/h8-10,12H,5-7,11H2,1-4H3. The van der Waals surface area contributed by atoms with Gasteiger partial charge in [-0.25, -0.2) is 0 Å². The first-order valence-electron chi connectivity index (χ1n) is 7.81. The van der Waals surface area contributed by atoms with E-state index >= 15 is 0 Å². The van der Waals surface area contributed by atoms with Crippen LogP contribution in [0.2, 0.25) is 0 Å². The highest BCUT2D eigenvalue weighted by Gasteiger charge is 2.51. The molecule has 1 aliphatic carbocycles. The van der Waals surface area contributed by atoms with E-state index in [1.165, 1.54) is 19.3 Å². The SMILES string of the molecule is CC1(C)OB(c2cncc(OCC3CCC3)c2)OC1(C)C. The Labute approximate surface area is 127 Å². The van der Waals surface area contributed by atoms with Gasteiger partial charge in [0.2, 0.25) is 0 Å². The molecule has 2 aliphatic rings. The third-order valence-electron chi connectivity index (χ3n) is 4.97. The highest BCUT2D eigenvalue weighted by Crippen LogP contribution is 2.36. The summed E-state index contributed by atoms with van der Waals surface area (Å²) < 4.78 is 17.9. The van der Waals surface area contributed by atoms with Gasteiger partial charge in [-0.3, -0.25) is 4.98 Å². The molecule has 114 valence electrons. The van der Waals surface area contributed by atoms with Crippen LogP contribution in [0.5, 0.6) is 5.75 Å². The van der Waals surface area contributed by atoms with Crippen molar-refractivity contribution in [3.63, 3.8) is 0 Å². The van der Waals surface area contributed by atoms with Crippen molar-refractivity contribution < 1.29 is 14.0 Å². The predicted molar refractivity (Wildman–Crippen MR) is 82.8 cm³/mol. The summed E-state index contributed by atoms with van der Waals surface area (Å²) in [6, 6.07) is 1.98. The maximum Gasteiger partial charge on any atom is 0.496 e. The molecule has 5 heteroatoms. The first-order chi connectivity index (χ1) is 9.87. The Morgan fingerprint density at radius 2 is 1.86 bits per heavy atom. The van der Waals surface area contributed by atoms with Crippen molar-refractivity contribution in [1.29, 1.82) is 0 Å². The second kappa shape index (κ2) is 5.29. The lowest BCUT2D eigenvalue weighted by Crippen LogP contribution is -2.41. The molecule has 3 rings (SSSR count). The van der Waals surface area contributed by atoms with Crippen molar-refractivity contribution in [2.45, 2.75) is 58.2 Å². The minimum atomic E-state index is -0.380. The summed E-state index contributed by atoms with van der Waals surface area (Å²) in [5.41, 5.74) is 0.251. The fourth-order valence-corrected chi connectivity index (χ4v) is 2.50. The number of hydrogen-bond acceptors (Lipinski definition) is 4. The zero-order chi connectivity index (χ0) is 15.1. The smallest absolute Gasteiger partial charge is 0.492 e. The topological polar surface area (TPSA) is 40.6 Å². The Kier molecular flexibility index (Phi) is 3.74. The van der Waals surface area contributed by atoms with Crippen LogP contribution in [-0.2, 0) is 9.31 Å². The minimum Gasteiger partial charge on any atom is -0.492 e. The molecule has 0 unspecified atom stereocenters. The van der Waals surface area contributed by atoms with E-state index in [9.17, 15) is 0 Å². The third-order valence-corrected chi connectivity index (χ3v) is 4.97. The van der Waals surface area contributed by atoms with Crippen molar-refractivity contribution in [1.82, 2.24) is 4.98 Å². The first kappa shape index (κ1) is 14.9. The average Bonchev–Trinajstić information content (AvgIpc) is 2.57. The summed E-state index contributed by atoms with van der Waals surface area (Å²) >= 11 is 0. The summed E-state index contributed by atoms with van der Waals surface area (Å²) in [6.07, 6.45) is 7.45. The van der Waals surface area contributed by atoms with Crippen molar-refractivity contribution in [3.8, 4) is 5.75 Å². The molecule has 1 aromatic rings. The van der Waals surface area contributed by atoms with Crippen LogP contribution in [0, 0.1) is 5.92 Å². The highest BCUT2D eigenvalue weighted by molar-refractivity contribution is 6.62. The quantitative estimate of drug-likeness (QED) is 0.799. The second-order valence-electron chi connectivity index (χ2n) is 7.15. The van der Waals surface area contributed by atoms with Crippen LogP contribution in [0.15, 0.2) is 18.5 Å². The van der Waals surface area contributed by atoms with Gasteiger partial charge in [-0.05, 0) is 52.5 Å². The summed E-state index contributed by atoms with van der Waals surface area (Å²) in [6.45, 7) is 9.00. The summed E-state index contributed by atoms with van der Waals surface area (Å²) in [4.78, 5) is 4.26. The molecule has 0 spiro atoms. The van der Waals surface area contributed by atoms with E-state index in [2.05, 4.69) is 32.7 Å². The van der Waals surface area contributed by atoms with Crippen LogP contribution >= 0.6 is 0 Å². The third kappa shape index (κ3) is 2.95. The highest BCUT2D eigenvalue weighted by atomic mass is 16.7. The van der Waals surface area contributed by atoms with Gasteiger partial charge in [0.25, 0.3) is 0 Å². The molecule has 2 heterocycles. The molecule has 1 aromatic heterocycles. The van der Waals surface area contributed by atoms with Gasteiger partial charge in [-0.2, -0.15) is 0 Å². The molecule has 0 atom stereocenters. The predicted octanol–water partition coefficient (Wildman–Crippen LogP) is 2.56. The van der Waals surface area contributed by atoms with E-state index in [4.69, 9.17) is 14.0 Å². The molecule has 1 saturated heterocycles. The van der Waals surface area contributed by atoms with Gasteiger partial charge >= 0.3 is 7.12 Å². The number of ether oxygens (including phenoxy) is 1. The number of pyridine rings is 1. The van der Waals surface area contributed by atoms with Crippen LogP contribution in [0.1, 0.15) is 47.0 Å². The average molecular weight is 289 g/mol. The molecule has 4 nitrogen and oxygen atoms in total. The zero-order valence-electron chi connectivity index (χ0n) is 13.4. The number of rotatable bonds is 4. The maximum atomic E-state index is 6.05. The molecular formula is C16H24BNO3. The monoisotopic (exact) mass is 289 g/mol. The Morgan fingerprint density at radius 1 is 1.19 bits per heavy atom. The van der Waals surface area contributed by atoms with Crippen LogP contribution in [0.25, 0.3) is 0 Å². The largest absolute Gasteiger partial charge is 0.496 e. The molecule has 2 fully saturated rings. The second-order valence-corrected chi connectivity index (χ2v) is 7.15. The molecule has 0 aromatic carbocycles. The van der Waals surface area contributed by atoms with Gasteiger partial charge in [-0.1, -0.05) is 6.42 Å². The zero-order valence-corrected chi connectivity index (χ0v) is 13.4. The van der Waals surface area contributed by atoms with Gasteiger partial charge in [0.1, 0.15) is 5.75 Å². The Balaban J connectivity index is 1.68. The molecule has 0 N–H and O–H groups in total. The minimum absolute atomic E-state index is 0.333. The lowest BCUT2D eigenvalue weighted by Gasteiger charge is -2.32. The van der Waals surface area contributed by atoms with E-state index in [1.54, 1.807) is 12.4 Å². The van der Waals surface area contributed by atoms with Gasteiger partial charge in [0.05, 0.1) is 24.0 Å². The molecular weight excluding hydrogens is 265 g/mol. The molecule has 0 radical (unpaired) electrons. The number of aromatic nitrogens is 1. The van der Waals surface area contributed by atoms with Gasteiger partial charge in [0.15, 0.2) is 0 Å². The summed E-state index contributed by atoms with van der Waals surface area (Å²) in [5.74, 6) is 1.51. The van der Waals surface area contributed by atoms with Gasteiger partial charge in [-0.15, -0.1) is 0 Å². The summed E-state index contributed by atoms with van der Waals surface area (Å²) in [5, 5.41) is 0. The molecule has 0 bridgehead atoms. The van der Waals surface area contributed by atoms with E-state index in [0.29, 0.717) is 5.92 Å². The van der Waals surface area contributed by atoms with E-state index < -0.39 is 0 Å². The molecule has 0 amide bonds. The van der Waals surface area contributed by atoms with E-state index in [1.807, 2.05) is 6.07 Å². The van der Waals surface area contributed by atoms with Crippen LogP contribution in [-0.4, -0.2) is 29.9 Å². The Hall–Kier alpha value is -1.07. The Bertz CT molecular complexity index is 498. The fraction of sp³-hybridized carbons (Fsp3) is 0.688. The first-order valence-corrected chi connectivity index (χ1v) is 7.81. The van der Waals surface area contributed by atoms with Crippen molar-refractivity contribution in [3.05, 3.63) is 18.5 Å². The molecule has 21 heavy (non-hydrogen) atoms. The van der Waals surface area contributed by atoms with Gasteiger partial charge in [0, 0.05) is 11.7 Å². The summed E-state index contributed by atoms with van der Waals surface area (Å²) in [7, 11) is -0.380. The maximum absolute atomic E-state index is 6.05. The lowest BCUT2D eigenvalue weighted by atomic mass is 9.80. The number of nitrogens with zero attached hydrogens (tertiary/aromatic N) is 1. The number of hydrogen-bond donors (Lipinski definition) is 0. The fourth-order valence-electron chi connectivity index (χ4n) is 2.50. The van der Waals surface area contributed by atoms with Crippen LogP contribution in [0.3, 0.4) is 0 Å². The lowest BCUT2D eigenvalue weighted by molar-refractivity contribution is 0.00578. The van der Waals surface area contributed by atoms with E-state index in [-0.39, 0.29) is 18.3 Å². The van der Waals surface area contributed by atoms with Crippen molar-refractivity contribution in [2.24, 2.45) is 5.92 Å². The van der Waals surface area contributed by atoms with Crippen molar-refractivity contribution >= 4 is 12.6 Å². The molecule has 1 saturated carbocycles. The Morgan fingerprint density at radius 3 is 2.43 bits per heavy atom. The van der Waals surface area contributed by atoms with Crippen LogP contribution in [0.4, 0.5) is 0 Å². The van der Waals surface area contributed by atoms with E-state index in [0.717, 1.165) is 17.8 Å².